The zero-order valence-electron chi connectivity index (χ0n) is 10.9. The fraction of sp³-hybridized carbons (Fsp3) is 1.00. The third kappa shape index (κ3) is 2.81. The van der Waals surface area contributed by atoms with Crippen LogP contribution in [0.15, 0.2) is 0 Å². The van der Waals surface area contributed by atoms with E-state index in [4.69, 9.17) is 10.5 Å². The molecule has 0 amide bonds. The van der Waals surface area contributed by atoms with Crippen LogP contribution in [-0.4, -0.2) is 55.5 Å². The highest BCUT2D eigenvalue weighted by Crippen LogP contribution is 2.34. The number of nitrogens with two attached hydrogens (primary N) is 1. The lowest BCUT2D eigenvalue weighted by atomic mass is 9.79. The van der Waals surface area contributed by atoms with Crippen LogP contribution in [-0.2, 0) is 4.74 Å². The van der Waals surface area contributed by atoms with E-state index in [1.165, 1.54) is 6.42 Å². The first-order chi connectivity index (χ1) is 8.21. The number of likely N-dealkylation sites (tertiary alicyclic amines) is 1. The van der Waals surface area contributed by atoms with Crippen molar-refractivity contribution in [3.8, 4) is 0 Å². The van der Waals surface area contributed by atoms with Gasteiger partial charge in [0.15, 0.2) is 0 Å². The van der Waals surface area contributed by atoms with Crippen molar-refractivity contribution in [3.63, 3.8) is 0 Å². The van der Waals surface area contributed by atoms with E-state index in [1.807, 2.05) is 0 Å². The molecule has 100 valence electrons. The molecule has 2 rings (SSSR count). The molecule has 0 aliphatic carbocycles. The van der Waals surface area contributed by atoms with Gasteiger partial charge in [-0.05, 0) is 43.7 Å². The zero-order chi connectivity index (χ0) is 12.3. The summed E-state index contributed by atoms with van der Waals surface area (Å²) in [5.41, 5.74) is 6.21. The first-order valence-electron chi connectivity index (χ1n) is 6.83. The summed E-state index contributed by atoms with van der Waals surface area (Å²) in [4.78, 5) is 2.45. The van der Waals surface area contributed by atoms with Crippen LogP contribution in [0.3, 0.4) is 0 Å². The van der Waals surface area contributed by atoms with Crippen LogP contribution in [0.25, 0.3) is 0 Å². The van der Waals surface area contributed by atoms with E-state index < -0.39 is 0 Å². The van der Waals surface area contributed by atoms with Crippen LogP contribution in [0.4, 0.5) is 0 Å². The van der Waals surface area contributed by atoms with Crippen molar-refractivity contribution >= 4 is 0 Å². The van der Waals surface area contributed by atoms with Gasteiger partial charge in [-0.15, -0.1) is 0 Å². The number of hydrogen-bond donors (Lipinski definition) is 2. The van der Waals surface area contributed by atoms with Gasteiger partial charge in [0.25, 0.3) is 0 Å². The second-order valence-corrected chi connectivity index (χ2v) is 5.80. The Morgan fingerprint density at radius 3 is 2.71 bits per heavy atom. The van der Waals surface area contributed by atoms with Gasteiger partial charge >= 0.3 is 0 Å². The Hall–Kier alpha value is -0.160. The highest BCUT2D eigenvalue weighted by atomic mass is 16.5. The van der Waals surface area contributed by atoms with E-state index >= 15 is 0 Å². The summed E-state index contributed by atoms with van der Waals surface area (Å²) in [7, 11) is 0. The average Bonchev–Trinajstić information content (AvgIpc) is 2.71. The van der Waals surface area contributed by atoms with Crippen LogP contribution in [0.5, 0.6) is 0 Å². The van der Waals surface area contributed by atoms with E-state index in [1.54, 1.807) is 0 Å². The van der Waals surface area contributed by atoms with E-state index in [9.17, 15) is 5.11 Å². The molecule has 0 radical (unpaired) electrons. The molecule has 4 heteroatoms. The monoisotopic (exact) mass is 242 g/mol. The maximum absolute atomic E-state index is 9.50. The van der Waals surface area contributed by atoms with Gasteiger partial charge in [-0.1, -0.05) is 6.92 Å². The lowest BCUT2D eigenvalue weighted by Gasteiger charge is -2.41. The zero-order valence-corrected chi connectivity index (χ0v) is 10.9. The van der Waals surface area contributed by atoms with E-state index in [0.717, 1.165) is 45.7 Å². The lowest BCUT2D eigenvalue weighted by Crippen LogP contribution is -2.48. The topological polar surface area (TPSA) is 58.7 Å². The second kappa shape index (κ2) is 5.65. The van der Waals surface area contributed by atoms with Crippen LogP contribution in [0.2, 0.25) is 0 Å². The molecule has 3 N–H and O–H groups in total. The molecule has 2 aliphatic rings. The minimum Gasteiger partial charge on any atom is -0.395 e. The van der Waals surface area contributed by atoms with Gasteiger partial charge in [-0.25, -0.2) is 0 Å². The Kier molecular flexibility index (Phi) is 4.42. The molecule has 0 spiro atoms. The Labute approximate surface area is 104 Å². The van der Waals surface area contributed by atoms with Crippen LogP contribution in [0.1, 0.15) is 26.2 Å². The lowest BCUT2D eigenvalue weighted by molar-refractivity contribution is -0.00781. The third-order valence-corrected chi connectivity index (χ3v) is 4.71. The second-order valence-electron chi connectivity index (χ2n) is 5.80. The van der Waals surface area contributed by atoms with Crippen molar-refractivity contribution in [1.82, 2.24) is 4.90 Å². The molecule has 4 nitrogen and oxygen atoms in total. The molecule has 0 aromatic heterocycles. The normalized spacial score (nSPS) is 34.1. The summed E-state index contributed by atoms with van der Waals surface area (Å²) in [5, 5.41) is 9.50. The molecule has 2 heterocycles. The van der Waals surface area contributed by atoms with Crippen LogP contribution in [0, 0.1) is 11.3 Å². The predicted molar refractivity (Wildman–Crippen MR) is 67.8 cm³/mol. The number of aliphatic hydroxyl groups is 1. The smallest absolute Gasteiger partial charge is 0.0589 e. The average molecular weight is 242 g/mol. The van der Waals surface area contributed by atoms with Crippen molar-refractivity contribution in [2.45, 2.75) is 32.2 Å². The third-order valence-electron chi connectivity index (χ3n) is 4.71. The molecule has 2 saturated heterocycles. The molecule has 0 aromatic carbocycles. The highest BCUT2D eigenvalue weighted by molar-refractivity contribution is 4.92. The minimum absolute atomic E-state index is 0.218. The Bertz CT molecular complexity index is 242. The first-order valence-corrected chi connectivity index (χ1v) is 6.83. The largest absolute Gasteiger partial charge is 0.395 e. The van der Waals surface area contributed by atoms with E-state index in [-0.39, 0.29) is 12.0 Å². The maximum Gasteiger partial charge on any atom is 0.0589 e. The van der Waals surface area contributed by atoms with Crippen molar-refractivity contribution in [3.05, 3.63) is 0 Å². The van der Waals surface area contributed by atoms with E-state index in [0.29, 0.717) is 12.0 Å². The molecule has 17 heavy (non-hydrogen) atoms. The van der Waals surface area contributed by atoms with E-state index in [2.05, 4.69) is 11.8 Å². The Morgan fingerprint density at radius 2 is 2.12 bits per heavy atom. The maximum atomic E-state index is 9.50. The molecule has 2 aliphatic heterocycles. The van der Waals surface area contributed by atoms with Gasteiger partial charge in [0.05, 0.1) is 6.61 Å². The summed E-state index contributed by atoms with van der Waals surface area (Å²) in [6.45, 7) is 7.06. The van der Waals surface area contributed by atoms with Gasteiger partial charge in [0.2, 0.25) is 0 Å². The SMILES string of the molecule is CC1CCN(CC2(CN)CCOCC2)C1CO. The highest BCUT2D eigenvalue weighted by Gasteiger charge is 2.38. The molecule has 2 atom stereocenters. The van der Waals surface area contributed by atoms with Crippen molar-refractivity contribution in [1.29, 1.82) is 0 Å². The summed E-state index contributed by atoms with van der Waals surface area (Å²) >= 11 is 0. The molecule has 2 fully saturated rings. The molecule has 2 unspecified atom stereocenters. The van der Waals surface area contributed by atoms with Gasteiger partial charge in [-0.2, -0.15) is 0 Å². The van der Waals surface area contributed by atoms with Gasteiger partial charge < -0.3 is 15.6 Å². The fourth-order valence-corrected chi connectivity index (χ4v) is 3.24. The Morgan fingerprint density at radius 1 is 1.41 bits per heavy atom. The fourth-order valence-electron chi connectivity index (χ4n) is 3.24. The van der Waals surface area contributed by atoms with Crippen molar-refractivity contribution in [2.24, 2.45) is 17.1 Å². The number of aliphatic hydroxyl groups excluding tert-OH is 1. The molecule has 0 bridgehead atoms. The van der Waals surface area contributed by atoms with Gasteiger partial charge in [0, 0.05) is 25.8 Å². The number of hydrogen-bond acceptors (Lipinski definition) is 4. The Balaban J connectivity index is 1.98. The van der Waals surface area contributed by atoms with Crippen molar-refractivity contribution < 1.29 is 9.84 Å². The molecule has 0 aromatic rings. The number of rotatable bonds is 4. The first kappa shape index (κ1) is 13.3. The van der Waals surface area contributed by atoms with Crippen LogP contribution >= 0.6 is 0 Å². The summed E-state index contributed by atoms with van der Waals surface area (Å²) in [6.07, 6.45) is 3.32. The van der Waals surface area contributed by atoms with Gasteiger partial charge in [-0.3, -0.25) is 4.90 Å². The summed E-state index contributed by atoms with van der Waals surface area (Å²) in [6, 6.07) is 0.335. The predicted octanol–water partition coefficient (Wildman–Crippen LogP) is 0.445. The molecular weight excluding hydrogens is 216 g/mol. The van der Waals surface area contributed by atoms with Crippen molar-refractivity contribution in [2.75, 3.05) is 39.5 Å². The van der Waals surface area contributed by atoms with Gasteiger partial charge in [0.1, 0.15) is 0 Å². The standard InChI is InChI=1S/C13H26N2O2/c1-11-2-5-15(12(11)8-16)10-13(9-14)3-6-17-7-4-13/h11-12,16H,2-10,14H2,1H3. The molecular formula is C13H26N2O2. The summed E-state index contributed by atoms with van der Waals surface area (Å²) in [5.74, 6) is 0.606. The number of nitrogens with zero attached hydrogens (tertiary/aromatic N) is 1. The van der Waals surface area contributed by atoms with Crippen LogP contribution < -0.4 is 5.73 Å². The minimum atomic E-state index is 0.218. The number of ether oxygens (including phenoxy) is 1. The molecule has 0 saturated carbocycles. The summed E-state index contributed by atoms with van der Waals surface area (Å²) < 4.78 is 5.44. The quantitative estimate of drug-likeness (QED) is 0.751.